The molecule has 2 aliphatic heterocycles. The van der Waals surface area contributed by atoms with Gasteiger partial charge in [0.2, 0.25) is 10.0 Å². The molecule has 6 nitrogen and oxygen atoms in total. The molecule has 1 amide bonds. The molecule has 2 heterocycles. The van der Waals surface area contributed by atoms with E-state index in [1.54, 1.807) is 23.4 Å². The fourth-order valence-corrected chi connectivity index (χ4v) is 6.16. The number of nitrogens with one attached hydrogen (secondary N) is 1. The molecule has 2 saturated heterocycles. The van der Waals surface area contributed by atoms with Gasteiger partial charge in [0, 0.05) is 43.1 Å². The molecule has 2 aromatic rings. The average Bonchev–Trinajstić information content (AvgIpc) is 3.21. The topological polar surface area (TPSA) is 69.7 Å². The minimum Gasteiger partial charge on any atom is -0.371 e. The lowest BCUT2D eigenvalue weighted by Gasteiger charge is -2.26. The summed E-state index contributed by atoms with van der Waals surface area (Å²) in [5.74, 6) is 0.397. The van der Waals surface area contributed by atoms with Crippen molar-refractivity contribution in [2.75, 3.05) is 36.4 Å². The van der Waals surface area contributed by atoms with Crippen molar-refractivity contribution in [2.45, 2.75) is 44.4 Å². The molecule has 1 atom stereocenters. The van der Waals surface area contributed by atoms with Crippen LogP contribution < -0.4 is 10.2 Å². The maximum atomic E-state index is 13.1. The molecule has 2 aromatic carbocycles. The van der Waals surface area contributed by atoms with Crippen molar-refractivity contribution in [3.63, 3.8) is 0 Å². The molecule has 0 radical (unpaired) electrons. The van der Waals surface area contributed by atoms with E-state index >= 15 is 0 Å². The maximum absolute atomic E-state index is 13.1. The molecule has 2 aliphatic rings. The van der Waals surface area contributed by atoms with Gasteiger partial charge >= 0.3 is 0 Å². The number of anilines is 2. The van der Waals surface area contributed by atoms with Gasteiger partial charge in [-0.2, -0.15) is 4.31 Å². The van der Waals surface area contributed by atoms with E-state index in [-0.39, 0.29) is 10.8 Å². The van der Waals surface area contributed by atoms with E-state index in [2.05, 4.69) is 17.1 Å². The first-order valence-corrected chi connectivity index (χ1v) is 12.6. The highest BCUT2D eigenvalue weighted by Gasteiger charge is 2.28. The molecule has 31 heavy (non-hydrogen) atoms. The number of hydrogen-bond acceptors (Lipinski definition) is 4. The van der Waals surface area contributed by atoms with Gasteiger partial charge in [0.1, 0.15) is 0 Å². The zero-order valence-corrected chi connectivity index (χ0v) is 19.1. The quantitative estimate of drug-likeness (QED) is 0.752. The minimum absolute atomic E-state index is 0.223. The lowest BCUT2D eigenvalue weighted by atomic mass is 10.1. The number of nitrogens with zero attached hydrogens (tertiary/aromatic N) is 2. The molecule has 4 rings (SSSR count). The van der Waals surface area contributed by atoms with E-state index in [9.17, 15) is 13.2 Å². The molecule has 0 aliphatic carbocycles. The third kappa shape index (κ3) is 4.77. The molecule has 7 heteroatoms. The largest absolute Gasteiger partial charge is 0.371 e. The van der Waals surface area contributed by atoms with E-state index < -0.39 is 10.0 Å². The van der Waals surface area contributed by atoms with Crippen LogP contribution in [0.3, 0.4) is 0 Å². The van der Waals surface area contributed by atoms with Crippen LogP contribution in [0.1, 0.15) is 48.5 Å². The van der Waals surface area contributed by atoms with E-state index in [1.165, 1.54) is 12.5 Å². The summed E-state index contributed by atoms with van der Waals surface area (Å²) >= 11 is 0. The summed E-state index contributed by atoms with van der Waals surface area (Å²) in [6, 6.07) is 12.7. The van der Waals surface area contributed by atoms with E-state index in [1.807, 2.05) is 24.3 Å². The number of sulfonamides is 1. The highest BCUT2D eigenvalue weighted by atomic mass is 32.2. The van der Waals surface area contributed by atoms with Crippen LogP contribution in [0.5, 0.6) is 0 Å². The van der Waals surface area contributed by atoms with Crippen LogP contribution in [-0.2, 0) is 10.0 Å². The second kappa shape index (κ2) is 9.01. The van der Waals surface area contributed by atoms with Crippen molar-refractivity contribution < 1.29 is 13.2 Å². The van der Waals surface area contributed by atoms with Crippen LogP contribution in [0.4, 0.5) is 11.4 Å². The Labute approximate surface area is 185 Å². The van der Waals surface area contributed by atoms with Crippen LogP contribution in [0.25, 0.3) is 0 Å². The first-order chi connectivity index (χ1) is 14.8. The first kappa shape index (κ1) is 21.8. The number of piperidine rings is 1. The Bertz CT molecular complexity index is 1040. The highest BCUT2D eigenvalue weighted by Crippen LogP contribution is 2.26. The zero-order valence-electron chi connectivity index (χ0n) is 18.3. The summed E-state index contributed by atoms with van der Waals surface area (Å²) < 4.78 is 27.8. The van der Waals surface area contributed by atoms with Crippen LogP contribution >= 0.6 is 0 Å². The van der Waals surface area contributed by atoms with Gasteiger partial charge in [-0.25, -0.2) is 8.42 Å². The third-order valence-electron chi connectivity index (χ3n) is 6.30. The number of benzene rings is 2. The SMILES string of the molecule is Cc1ccc(C(=O)Nc2ccc(N3CCC(C)C3)cc2)cc1S(=O)(=O)N1CCCCC1. The first-order valence-electron chi connectivity index (χ1n) is 11.1. The smallest absolute Gasteiger partial charge is 0.255 e. The number of aryl methyl sites for hydroxylation is 1. The van der Waals surface area contributed by atoms with Crippen LogP contribution in [0.2, 0.25) is 0 Å². The molecule has 0 spiro atoms. The summed E-state index contributed by atoms with van der Waals surface area (Å²) in [6.45, 7) is 7.24. The van der Waals surface area contributed by atoms with Crippen molar-refractivity contribution in [1.82, 2.24) is 4.31 Å². The lowest BCUT2D eigenvalue weighted by molar-refractivity contribution is 0.102. The number of carbonyl (C=O) groups is 1. The number of amides is 1. The van der Waals surface area contributed by atoms with E-state index in [0.29, 0.717) is 35.8 Å². The number of carbonyl (C=O) groups excluding carboxylic acids is 1. The number of hydrogen-bond donors (Lipinski definition) is 1. The molecule has 0 saturated carbocycles. The monoisotopic (exact) mass is 441 g/mol. The summed E-state index contributed by atoms with van der Waals surface area (Å²) in [6.07, 6.45) is 4.02. The summed E-state index contributed by atoms with van der Waals surface area (Å²) in [4.78, 5) is 15.4. The molecule has 166 valence electrons. The zero-order chi connectivity index (χ0) is 22.0. The fourth-order valence-electron chi connectivity index (χ4n) is 4.39. The Morgan fingerprint density at radius 2 is 1.71 bits per heavy atom. The van der Waals surface area contributed by atoms with Gasteiger partial charge in [-0.05, 0) is 74.1 Å². The van der Waals surface area contributed by atoms with Gasteiger partial charge in [0.25, 0.3) is 5.91 Å². The predicted octanol–water partition coefficient (Wildman–Crippen LogP) is 4.27. The van der Waals surface area contributed by atoms with Crippen LogP contribution in [0.15, 0.2) is 47.4 Å². The standard InChI is InChI=1S/C24H31N3O3S/c1-18-12-15-26(17-18)22-10-8-21(9-11-22)25-24(28)20-7-6-19(2)23(16-20)31(29,30)27-13-4-3-5-14-27/h6-11,16,18H,3-5,12-15,17H2,1-2H3,(H,25,28). The lowest BCUT2D eigenvalue weighted by Crippen LogP contribution is -2.36. The van der Waals surface area contributed by atoms with E-state index in [0.717, 1.165) is 38.0 Å². The molecular weight excluding hydrogens is 410 g/mol. The van der Waals surface area contributed by atoms with Gasteiger partial charge in [-0.15, -0.1) is 0 Å². The second-order valence-electron chi connectivity index (χ2n) is 8.79. The van der Waals surface area contributed by atoms with Crippen molar-refractivity contribution in [3.05, 3.63) is 53.6 Å². The summed E-state index contributed by atoms with van der Waals surface area (Å²) in [5, 5.41) is 2.90. The Kier molecular flexibility index (Phi) is 6.34. The Morgan fingerprint density at radius 3 is 2.35 bits per heavy atom. The van der Waals surface area contributed by atoms with Gasteiger partial charge in [-0.3, -0.25) is 4.79 Å². The Hall–Kier alpha value is -2.38. The van der Waals surface area contributed by atoms with Crippen molar-refractivity contribution in [2.24, 2.45) is 5.92 Å². The van der Waals surface area contributed by atoms with E-state index in [4.69, 9.17) is 0 Å². The normalized spacial score (nSPS) is 20.1. The molecule has 1 N–H and O–H groups in total. The highest BCUT2D eigenvalue weighted by molar-refractivity contribution is 7.89. The number of rotatable bonds is 5. The molecular formula is C24H31N3O3S. The predicted molar refractivity (Wildman–Crippen MR) is 124 cm³/mol. The molecule has 0 bridgehead atoms. The van der Waals surface area contributed by atoms with Crippen molar-refractivity contribution in [3.8, 4) is 0 Å². The summed E-state index contributed by atoms with van der Waals surface area (Å²) in [7, 11) is -3.59. The van der Waals surface area contributed by atoms with Gasteiger partial charge in [0.05, 0.1) is 4.90 Å². The van der Waals surface area contributed by atoms with Gasteiger partial charge in [-0.1, -0.05) is 19.4 Å². The van der Waals surface area contributed by atoms with Crippen molar-refractivity contribution in [1.29, 1.82) is 0 Å². The van der Waals surface area contributed by atoms with Crippen LogP contribution in [-0.4, -0.2) is 44.8 Å². The van der Waals surface area contributed by atoms with Gasteiger partial charge < -0.3 is 10.2 Å². The summed E-state index contributed by atoms with van der Waals surface area (Å²) in [5.41, 5.74) is 2.86. The third-order valence-corrected chi connectivity index (χ3v) is 8.34. The van der Waals surface area contributed by atoms with Crippen molar-refractivity contribution >= 4 is 27.3 Å². The Morgan fingerprint density at radius 1 is 1.00 bits per heavy atom. The Balaban J connectivity index is 1.49. The minimum atomic E-state index is -3.59. The maximum Gasteiger partial charge on any atom is 0.255 e. The fraction of sp³-hybridized carbons (Fsp3) is 0.458. The molecule has 1 unspecified atom stereocenters. The molecule has 0 aromatic heterocycles. The average molecular weight is 442 g/mol. The molecule has 2 fully saturated rings. The van der Waals surface area contributed by atoms with Gasteiger partial charge in [0.15, 0.2) is 0 Å². The second-order valence-corrected chi connectivity index (χ2v) is 10.7. The van der Waals surface area contributed by atoms with Crippen LogP contribution in [0, 0.1) is 12.8 Å².